The molecule has 1 aliphatic carbocycles. The fourth-order valence-corrected chi connectivity index (χ4v) is 3.07. The number of ether oxygens (including phenoxy) is 2. The minimum Gasteiger partial charge on any atom is -0.468 e. The van der Waals surface area contributed by atoms with Gasteiger partial charge in [-0.05, 0) is 46.5 Å². The van der Waals surface area contributed by atoms with Crippen molar-refractivity contribution in [2.24, 2.45) is 5.41 Å². The SMILES string of the molecule is COC(=O)[C@]1(C/C=C(\C)CCC=C(C)C)C[C@@H](O)[C@@H](OC)CC1=O. The Morgan fingerprint density at radius 2 is 1.96 bits per heavy atom. The van der Waals surface area contributed by atoms with Crippen LogP contribution in [0.1, 0.15) is 52.9 Å². The molecule has 1 fully saturated rings. The van der Waals surface area contributed by atoms with E-state index in [9.17, 15) is 14.7 Å². The third kappa shape index (κ3) is 5.02. The molecule has 3 atom stereocenters. The minimum absolute atomic E-state index is 0.0252. The molecule has 0 aliphatic heterocycles. The normalized spacial score (nSPS) is 27.8. The van der Waals surface area contributed by atoms with Gasteiger partial charge in [0.05, 0.1) is 19.3 Å². The summed E-state index contributed by atoms with van der Waals surface area (Å²) in [5, 5.41) is 10.2. The second kappa shape index (κ2) is 9.14. The summed E-state index contributed by atoms with van der Waals surface area (Å²) in [6.07, 6.45) is 4.79. The van der Waals surface area contributed by atoms with Gasteiger partial charge in [-0.15, -0.1) is 0 Å². The highest BCUT2D eigenvalue weighted by atomic mass is 16.5. The molecule has 1 saturated carbocycles. The fraction of sp³-hybridized carbons (Fsp3) is 0.684. The molecule has 5 heteroatoms. The molecule has 0 amide bonds. The van der Waals surface area contributed by atoms with Crippen LogP contribution in [-0.4, -0.2) is 43.3 Å². The highest BCUT2D eigenvalue weighted by Crippen LogP contribution is 2.39. The van der Waals surface area contributed by atoms with E-state index in [1.165, 1.54) is 19.8 Å². The number of carbonyl (C=O) groups is 2. The molecule has 136 valence electrons. The Morgan fingerprint density at radius 1 is 1.29 bits per heavy atom. The van der Waals surface area contributed by atoms with Crippen LogP contribution in [0, 0.1) is 5.41 Å². The van der Waals surface area contributed by atoms with Gasteiger partial charge in [-0.2, -0.15) is 0 Å². The summed E-state index contributed by atoms with van der Waals surface area (Å²) in [5.74, 6) is -0.797. The second-order valence-corrected chi connectivity index (χ2v) is 6.82. The third-order valence-electron chi connectivity index (χ3n) is 4.68. The lowest BCUT2D eigenvalue weighted by atomic mass is 9.68. The molecule has 0 radical (unpaired) electrons. The molecule has 0 spiro atoms. The van der Waals surface area contributed by atoms with Crippen molar-refractivity contribution < 1.29 is 24.2 Å². The second-order valence-electron chi connectivity index (χ2n) is 6.82. The summed E-state index contributed by atoms with van der Waals surface area (Å²) in [5.41, 5.74) is 1.08. The monoisotopic (exact) mass is 338 g/mol. The van der Waals surface area contributed by atoms with Crippen LogP contribution in [0.3, 0.4) is 0 Å². The number of esters is 1. The lowest BCUT2D eigenvalue weighted by Crippen LogP contribution is -2.51. The lowest BCUT2D eigenvalue weighted by molar-refractivity contribution is -0.168. The van der Waals surface area contributed by atoms with E-state index in [-0.39, 0.29) is 25.0 Å². The molecule has 0 saturated heterocycles. The van der Waals surface area contributed by atoms with Gasteiger partial charge in [-0.3, -0.25) is 9.59 Å². The van der Waals surface area contributed by atoms with Gasteiger partial charge >= 0.3 is 5.97 Å². The molecule has 1 rings (SSSR count). The first-order valence-electron chi connectivity index (χ1n) is 8.38. The number of Topliss-reactive ketones (excluding diaryl/α,β-unsaturated/α-hetero) is 1. The number of hydrogen-bond acceptors (Lipinski definition) is 5. The standard InChI is InChI=1S/C19H30O5/c1-13(2)7-6-8-14(3)9-10-19(18(22)24-5)12-15(20)16(23-4)11-17(19)21/h7,9,15-16,20H,6,8,10-12H2,1-5H3/b14-9+/t15-,16+,19-/m1/s1. The van der Waals surface area contributed by atoms with Crippen molar-refractivity contribution in [2.75, 3.05) is 14.2 Å². The van der Waals surface area contributed by atoms with Gasteiger partial charge < -0.3 is 14.6 Å². The Kier molecular flexibility index (Phi) is 7.84. The first-order chi connectivity index (χ1) is 11.3. The molecule has 5 nitrogen and oxygen atoms in total. The number of rotatable bonds is 7. The summed E-state index contributed by atoms with van der Waals surface area (Å²) in [6, 6.07) is 0. The molecule has 0 unspecified atom stereocenters. The zero-order chi connectivity index (χ0) is 18.3. The number of methoxy groups -OCH3 is 2. The number of carbonyl (C=O) groups excluding carboxylic acids is 2. The van der Waals surface area contributed by atoms with Crippen LogP contribution in [0.2, 0.25) is 0 Å². The van der Waals surface area contributed by atoms with Crippen molar-refractivity contribution in [2.45, 2.75) is 65.1 Å². The van der Waals surface area contributed by atoms with E-state index in [0.29, 0.717) is 0 Å². The summed E-state index contributed by atoms with van der Waals surface area (Å²) in [7, 11) is 2.73. The number of hydrogen-bond donors (Lipinski definition) is 1. The summed E-state index contributed by atoms with van der Waals surface area (Å²) < 4.78 is 10.0. The smallest absolute Gasteiger partial charge is 0.319 e. The van der Waals surface area contributed by atoms with Crippen molar-refractivity contribution >= 4 is 11.8 Å². The average molecular weight is 338 g/mol. The molecule has 0 aromatic heterocycles. The Bertz CT molecular complexity index is 516. The van der Waals surface area contributed by atoms with E-state index >= 15 is 0 Å². The van der Waals surface area contributed by atoms with Crippen molar-refractivity contribution in [3.05, 3.63) is 23.3 Å². The van der Waals surface area contributed by atoms with Crippen molar-refractivity contribution in [3.63, 3.8) is 0 Å². The largest absolute Gasteiger partial charge is 0.468 e. The van der Waals surface area contributed by atoms with Gasteiger partial charge in [-0.1, -0.05) is 23.3 Å². The molecular weight excluding hydrogens is 308 g/mol. The minimum atomic E-state index is -1.30. The summed E-state index contributed by atoms with van der Waals surface area (Å²) >= 11 is 0. The topological polar surface area (TPSA) is 72.8 Å². The summed E-state index contributed by atoms with van der Waals surface area (Å²) in [6.45, 7) is 6.10. The average Bonchev–Trinajstić information content (AvgIpc) is 2.54. The Morgan fingerprint density at radius 3 is 2.50 bits per heavy atom. The molecule has 0 bridgehead atoms. The van der Waals surface area contributed by atoms with Crippen LogP contribution >= 0.6 is 0 Å². The zero-order valence-corrected chi connectivity index (χ0v) is 15.4. The molecule has 0 aromatic carbocycles. The van der Waals surface area contributed by atoms with Crippen molar-refractivity contribution in [3.8, 4) is 0 Å². The maximum Gasteiger partial charge on any atom is 0.319 e. The van der Waals surface area contributed by atoms with Crippen LogP contribution in [0.25, 0.3) is 0 Å². The van der Waals surface area contributed by atoms with Crippen LogP contribution in [0.5, 0.6) is 0 Å². The van der Waals surface area contributed by atoms with Crippen LogP contribution < -0.4 is 0 Å². The molecule has 0 aromatic rings. The summed E-state index contributed by atoms with van der Waals surface area (Å²) in [4.78, 5) is 24.9. The van der Waals surface area contributed by atoms with Crippen LogP contribution in [0.15, 0.2) is 23.3 Å². The van der Waals surface area contributed by atoms with E-state index < -0.39 is 23.6 Å². The fourth-order valence-electron chi connectivity index (χ4n) is 3.07. The van der Waals surface area contributed by atoms with Crippen molar-refractivity contribution in [1.82, 2.24) is 0 Å². The van der Waals surface area contributed by atoms with Gasteiger partial charge in [0.15, 0.2) is 5.78 Å². The quantitative estimate of drug-likeness (QED) is 0.439. The highest BCUT2D eigenvalue weighted by molar-refractivity contribution is 6.04. The molecule has 1 N–H and O–H groups in total. The van der Waals surface area contributed by atoms with E-state index in [4.69, 9.17) is 9.47 Å². The molecular formula is C19H30O5. The molecule has 0 heterocycles. The van der Waals surface area contributed by atoms with E-state index in [0.717, 1.165) is 18.4 Å². The Balaban J connectivity index is 2.92. The number of ketones is 1. The van der Waals surface area contributed by atoms with Gasteiger partial charge in [0.2, 0.25) is 0 Å². The number of aliphatic hydroxyl groups excluding tert-OH is 1. The van der Waals surface area contributed by atoms with Gasteiger partial charge in [-0.25, -0.2) is 0 Å². The Labute approximate surface area is 144 Å². The maximum atomic E-state index is 12.6. The number of aliphatic hydroxyl groups is 1. The maximum absolute atomic E-state index is 12.6. The van der Waals surface area contributed by atoms with E-state index in [1.54, 1.807) is 0 Å². The predicted octanol–water partition coefficient (Wildman–Crippen LogP) is 2.97. The van der Waals surface area contributed by atoms with Gasteiger partial charge in [0.25, 0.3) is 0 Å². The van der Waals surface area contributed by atoms with Crippen LogP contribution in [-0.2, 0) is 19.1 Å². The van der Waals surface area contributed by atoms with Crippen LogP contribution in [0.4, 0.5) is 0 Å². The number of allylic oxidation sites excluding steroid dienone is 4. The molecule has 24 heavy (non-hydrogen) atoms. The Hall–Kier alpha value is -1.46. The van der Waals surface area contributed by atoms with E-state index in [2.05, 4.69) is 19.9 Å². The predicted molar refractivity (Wildman–Crippen MR) is 92.5 cm³/mol. The first-order valence-corrected chi connectivity index (χ1v) is 8.38. The lowest BCUT2D eigenvalue weighted by Gasteiger charge is -2.38. The van der Waals surface area contributed by atoms with Crippen molar-refractivity contribution in [1.29, 1.82) is 0 Å². The van der Waals surface area contributed by atoms with Gasteiger partial charge in [0.1, 0.15) is 5.41 Å². The van der Waals surface area contributed by atoms with Gasteiger partial charge in [0, 0.05) is 13.5 Å². The first kappa shape index (κ1) is 20.6. The zero-order valence-electron chi connectivity index (χ0n) is 15.4. The molecule has 1 aliphatic rings. The highest BCUT2D eigenvalue weighted by Gasteiger charge is 2.52. The third-order valence-corrected chi connectivity index (χ3v) is 4.68. The van der Waals surface area contributed by atoms with E-state index in [1.807, 2.05) is 13.0 Å².